The van der Waals surface area contributed by atoms with Crippen molar-refractivity contribution in [2.24, 2.45) is 0 Å². The minimum atomic E-state index is -5.16. The minimum Gasteiger partial charge on any atom is -0.479 e. The summed E-state index contributed by atoms with van der Waals surface area (Å²) in [4.78, 5) is 35.2. The summed E-state index contributed by atoms with van der Waals surface area (Å²) in [5.74, 6) is -5.29. The lowest BCUT2D eigenvalue weighted by Crippen LogP contribution is -2.69. The van der Waals surface area contributed by atoms with Gasteiger partial charge in [-0.15, -0.1) is 0 Å². The van der Waals surface area contributed by atoms with Gasteiger partial charge in [0.1, 0.15) is 54.9 Å². The van der Waals surface area contributed by atoms with E-state index in [9.17, 15) is 63.7 Å². The molecule has 42 heavy (non-hydrogen) atoms. The summed E-state index contributed by atoms with van der Waals surface area (Å²) in [6, 6.07) is -1.79. The molecule has 0 unspecified atom stereocenters. The van der Waals surface area contributed by atoms with E-state index in [1.165, 1.54) is 0 Å². The van der Waals surface area contributed by atoms with Gasteiger partial charge in [-0.2, -0.15) is 8.42 Å². The van der Waals surface area contributed by atoms with Crippen LogP contribution in [-0.2, 0) is 52.7 Å². The number of carboxylic acid groups (broad SMARTS) is 2. The molecule has 240 valence electrons. The molecule has 0 saturated carbocycles. The van der Waals surface area contributed by atoms with Crippen LogP contribution in [0, 0.1) is 0 Å². The van der Waals surface area contributed by atoms with Crippen molar-refractivity contribution in [3.8, 4) is 0 Å². The van der Waals surface area contributed by atoms with Gasteiger partial charge in [-0.25, -0.2) is 13.8 Å². The number of hydrogen-bond donors (Lipinski definition) is 10. The van der Waals surface area contributed by atoms with Gasteiger partial charge in [-0.05, 0) is 6.08 Å². The Morgan fingerprint density at radius 3 is 2.07 bits per heavy atom. The lowest BCUT2D eigenvalue weighted by Gasteiger charge is -2.48. The van der Waals surface area contributed by atoms with E-state index in [0.717, 1.165) is 6.92 Å². The molecule has 0 spiro atoms. The van der Waals surface area contributed by atoms with Crippen molar-refractivity contribution in [2.45, 2.75) is 86.8 Å². The summed E-state index contributed by atoms with van der Waals surface area (Å²) < 4.78 is 61.8. The van der Waals surface area contributed by atoms with Gasteiger partial charge in [0.25, 0.3) is 0 Å². The number of carboxylic acids is 2. The number of carbonyl (C=O) groups excluding carboxylic acids is 1. The van der Waals surface area contributed by atoms with Crippen LogP contribution in [0.5, 0.6) is 0 Å². The number of aliphatic carboxylic acids is 2. The van der Waals surface area contributed by atoms with E-state index in [0.29, 0.717) is 6.08 Å². The predicted molar refractivity (Wildman–Crippen MR) is 123 cm³/mol. The highest BCUT2D eigenvalue weighted by Gasteiger charge is 2.54. The Bertz CT molecular complexity index is 1150. The average Bonchev–Trinajstić information content (AvgIpc) is 2.87. The van der Waals surface area contributed by atoms with Crippen LogP contribution in [0.1, 0.15) is 6.92 Å². The summed E-state index contributed by atoms with van der Waals surface area (Å²) in [5, 5.41) is 82.5. The first-order chi connectivity index (χ1) is 19.4. The number of amides is 1. The largest absolute Gasteiger partial charge is 0.479 e. The topological polar surface area (TPSA) is 335 Å². The van der Waals surface area contributed by atoms with Gasteiger partial charge in [-0.1, -0.05) is 0 Å². The first-order valence-corrected chi connectivity index (χ1v) is 13.2. The third-order valence-corrected chi connectivity index (χ3v) is 6.65. The molecule has 0 bridgehead atoms. The van der Waals surface area contributed by atoms with Crippen LogP contribution >= 0.6 is 0 Å². The molecule has 0 aliphatic carbocycles. The fraction of sp³-hybridized carbons (Fsp3) is 0.750. The zero-order valence-electron chi connectivity index (χ0n) is 21.2. The Kier molecular flexibility index (Phi) is 10.8. The van der Waals surface area contributed by atoms with Crippen LogP contribution in [0.15, 0.2) is 11.8 Å². The monoisotopic (exact) mass is 635 g/mol. The number of aliphatic hydroxyl groups excluding tert-OH is 6. The van der Waals surface area contributed by atoms with E-state index in [1.54, 1.807) is 0 Å². The molecule has 3 aliphatic heterocycles. The molecule has 3 heterocycles. The Balaban J connectivity index is 2.01. The van der Waals surface area contributed by atoms with Crippen molar-refractivity contribution in [3.05, 3.63) is 11.8 Å². The Hall–Kier alpha value is -2.58. The Labute approximate surface area is 235 Å². The van der Waals surface area contributed by atoms with E-state index in [4.69, 9.17) is 28.2 Å². The zero-order chi connectivity index (χ0) is 31.7. The quantitative estimate of drug-likeness (QED) is 0.0997. The van der Waals surface area contributed by atoms with Crippen LogP contribution in [-0.4, -0.2) is 158 Å². The Morgan fingerprint density at radius 1 is 0.905 bits per heavy atom. The Morgan fingerprint density at radius 2 is 1.52 bits per heavy atom. The first kappa shape index (κ1) is 33.9. The molecule has 10 N–H and O–H groups in total. The maximum atomic E-state index is 12.1. The standard InChI is InChI=1S/C20H29NO20S/c1-4(22)21-8-13(40-20-9(24)5(23)2-6(37-20)16(28)29)10(25)7(3-36-42(33,34)35)38-19(8)41-14-11(26)12(27)18(32)39-15(14)17(30)31/h2,5,7-15,18-20,23-27,32H,3H2,1H3,(H,21,22)(H,28,29)(H,30,31)(H,33,34,35)/t5-,7+,8+,9+,10-,11+,12+,13+,14-,15-,18+,19-,20-/m0/s1. The normalized spacial score (nSPS) is 40.9. The molecule has 3 rings (SSSR count). The van der Waals surface area contributed by atoms with E-state index in [2.05, 4.69) is 9.50 Å². The van der Waals surface area contributed by atoms with Gasteiger partial charge >= 0.3 is 22.3 Å². The zero-order valence-corrected chi connectivity index (χ0v) is 22.0. The summed E-state index contributed by atoms with van der Waals surface area (Å²) in [6.45, 7) is -0.231. The van der Waals surface area contributed by atoms with E-state index in [1.807, 2.05) is 0 Å². The van der Waals surface area contributed by atoms with Crippen molar-refractivity contribution in [1.29, 1.82) is 0 Å². The molecule has 0 aromatic heterocycles. The highest BCUT2D eigenvalue weighted by atomic mass is 32.3. The molecular formula is C20H29NO20S. The van der Waals surface area contributed by atoms with Crippen LogP contribution in [0.3, 0.4) is 0 Å². The number of rotatable bonds is 10. The number of ether oxygens (including phenoxy) is 5. The fourth-order valence-electron chi connectivity index (χ4n) is 4.26. The van der Waals surface area contributed by atoms with Crippen molar-refractivity contribution in [2.75, 3.05) is 6.61 Å². The van der Waals surface area contributed by atoms with Gasteiger partial charge in [0.15, 0.2) is 18.7 Å². The van der Waals surface area contributed by atoms with Gasteiger partial charge in [0.05, 0.1) is 6.61 Å². The van der Waals surface area contributed by atoms with Crippen LogP contribution < -0.4 is 5.32 Å². The minimum absolute atomic E-state index is 0.628. The second kappa shape index (κ2) is 13.4. The van der Waals surface area contributed by atoms with Crippen molar-refractivity contribution >= 4 is 28.2 Å². The lowest BCUT2D eigenvalue weighted by molar-refractivity contribution is -0.346. The van der Waals surface area contributed by atoms with E-state index < -0.39 is 120 Å². The summed E-state index contributed by atoms with van der Waals surface area (Å²) >= 11 is 0. The maximum absolute atomic E-state index is 12.1. The highest BCUT2D eigenvalue weighted by molar-refractivity contribution is 7.80. The molecule has 21 nitrogen and oxygen atoms in total. The van der Waals surface area contributed by atoms with E-state index >= 15 is 0 Å². The number of carbonyl (C=O) groups is 3. The lowest BCUT2D eigenvalue weighted by atomic mass is 9.95. The van der Waals surface area contributed by atoms with Crippen molar-refractivity contribution in [3.63, 3.8) is 0 Å². The third kappa shape index (κ3) is 7.87. The van der Waals surface area contributed by atoms with Crippen LogP contribution in [0.2, 0.25) is 0 Å². The number of aliphatic hydroxyl groups is 6. The van der Waals surface area contributed by atoms with Crippen LogP contribution in [0.25, 0.3) is 0 Å². The summed E-state index contributed by atoms with van der Waals surface area (Å²) in [7, 11) is -5.16. The highest BCUT2D eigenvalue weighted by Crippen LogP contribution is 2.32. The van der Waals surface area contributed by atoms with Gasteiger partial charge in [0, 0.05) is 6.92 Å². The maximum Gasteiger partial charge on any atom is 0.397 e. The second-order valence-corrected chi connectivity index (χ2v) is 10.3. The average molecular weight is 636 g/mol. The molecule has 0 radical (unpaired) electrons. The van der Waals surface area contributed by atoms with Gasteiger partial charge in [0.2, 0.25) is 18.0 Å². The van der Waals surface area contributed by atoms with E-state index in [-0.39, 0.29) is 0 Å². The SMILES string of the molecule is CC(=O)N[C@H]1[C@H](O[C@H]2[C@H](O)[C@@H](O)[C@H](O)O[C@@H]2C(=O)O)O[C@H](COS(=O)(=O)O)[C@H](O)[C@@H]1O[C@@H]1OC(C(=O)O)=C[C@H](O)[C@H]1O. The van der Waals surface area contributed by atoms with Gasteiger partial charge < -0.3 is 69.9 Å². The predicted octanol–water partition coefficient (Wildman–Crippen LogP) is -6.26. The molecule has 22 heteroatoms. The fourth-order valence-corrected chi connectivity index (χ4v) is 4.57. The molecular weight excluding hydrogens is 606 g/mol. The summed E-state index contributed by atoms with van der Waals surface area (Å²) in [5.41, 5.74) is 0. The van der Waals surface area contributed by atoms with Crippen molar-refractivity contribution < 1.29 is 96.1 Å². The number of hydrogen-bond acceptors (Lipinski definition) is 17. The third-order valence-electron chi connectivity index (χ3n) is 6.22. The molecule has 2 saturated heterocycles. The molecule has 13 atom stereocenters. The molecule has 1 amide bonds. The summed E-state index contributed by atoms with van der Waals surface area (Å²) in [6.07, 6.45) is -24.1. The van der Waals surface area contributed by atoms with Crippen LogP contribution in [0.4, 0.5) is 0 Å². The smallest absolute Gasteiger partial charge is 0.397 e. The molecule has 0 aromatic rings. The van der Waals surface area contributed by atoms with Crippen molar-refractivity contribution in [1.82, 2.24) is 5.32 Å². The first-order valence-electron chi connectivity index (χ1n) is 11.8. The number of nitrogens with one attached hydrogen (secondary N) is 1. The molecule has 0 aromatic carbocycles. The van der Waals surface area contributed by atoms with Gasteiger partial charge in [-0.3, -0.25) is 9.35 Å². The molecule has 2 fully saturated rings. The molecule has 3 aliphatic rings. The second-order valence-electron chi connectivity index (χ2n) is 9.24.